The summed E-state index contributed by atoms with van der Waals surface area (Å²) < 4.78 is 36.3. The second kappa shape index (κ2) is 9.02. The summed E-state index contributed by atoms with van der Waals surface area (Å²) in [6.07, 6.45) is 2.94. The van der Waals surface area contributed by atoms with Gasteiger partial charge in [-0.1, -0.05) is 18.2 Å². The van der Waals surface area contributed by atoms with Gasteiger partial charge in [0.2, 0.25) is 0 Å². The van der Waals surface area contributed by atoms with E-state index in [1.165, 1.54) is 29.2 Å². The quantitative estimate of drug-likeness (QED) is 0.647. The first kappa shape index (κ1) is 20.0. The monoisotopic (exact) mass is 414 g/mol. The van der Waals surface area contributed by atoms with Gasteiger partial charge in [-0.3, -0.25) is 4.79 Å². The molecule has 0 radical (unpaired) electrons. The Morgan fingerprint density at radius 3 is 2.83 bits per heavy atom. The van der Waals surface area contributed by atoms with Crippen LogP contribution in [0.3, 0.4) is 0 Å². The summed E-state index contributed by atoms with van der Waals surface area (Å²) in [6, 6.07) is 13.6. The van der Waals surface area contributed by atoms with Crippen LogP contribution in [0.5, 0.6) is 5.75 Å². The molecule has 4 rings (SSSR count). The molecule has 0 aliphatic carbocycles. The fourth-order valence-electron chi connectivity index (χ4n) is 3.15. The van der Waals surface area contributed by atoms with Gasteiger partial charge >= 0.3 is 6.61 Å². The molecule has 2 heterocycles. The van der Waals surface area contributed by atoms with E-state index in [0.717, 1.165) is 18.7 Å². The molecule has 0 unspecified atom stereocenters. The second-order valence-corrected chi connectivity index (χ2v) is 6.69. The Labute approximate surface area is 171 Å². The fourth-order valence-corrected chi connectivity index (χ4v) is 3.15. The summed E-state index contributed by atoms with van der Waals surface area (Å²) in [5.41, 5.74) is 2.52. The van der Waals surface area contributed by atoms with Crippen LogP contribution in [0.15, 0.2) is 60.9 Å². The molecule has 7 nitrogen and oxygen atoms in total. The van der Waals surface area contributed by atoms with Crippen LogP contribution in [0.2, 0.25) is 0 Å². The molecule has 1 aromatic heterocycles. The number of nitrogens with zero attached hydrogens (tertiary/aromatic N) is 2. The number of nitrogens with one attached hydrogen (secondary N) is 2. The average Bonchev–Trinajstić information content (AvgIpc) is 3.25. The number of aromatic nitrogens is 2. The maximum atomic E-state index is 12.5. The summed E-state index contributed by atoms with van der Waals surface area (Å²) in [6.45, 7) is -0.632. The van der Waals surface area contributed by atoms with E-state index >= 15 is 0 Å². The molecule has 0 saturated carbocycles. The molecule has 0 bridgehead atoms. The molecular weight excluding hydrogens is 394 g/mol. The molecule has 2 aromatic carbocycles. The Kier molecular flexibility index (Phi) is 6.01. The molecule has 1 atom stereocenters. The van der Waals surface area contributed by atoms with Crippen molar-refractivity contribution < 1.29 is 23.0 Å². The summed E-state index contributed by atoms with van der Waals surface area (Å²) in [4.78, 5) is 12.5. The van der Waals surface area contributed by atoms with Gasteiger partial charge in [0.15, 0.2) is 0 Å². The first-order chi connectivity index (χ1) is 14.6. The minimum absolute atomic E-state index is 0.00606. The third-order valence-corrected chi connectivity index (χ3v) is 4.62. The van der Waals surface area contributed by atoms with Crippen LogP contribution in [-0.4, -0.2) is 42.0 Å². The maximum absolute atomic E-state index is 12.5. The lowest BCUT2D eigenvalue weighted by atomic mass is 10.1. The molecule has 9 heteroatoms. The van der Waals surface area contributed by atoms with Crippen molar-refractivity contribution in [3.05, 3.63) is 72.1 Å². The Balaban J connectivity index is 1.42. The van der Waals surface area contributed by atoms with E-state index in [1.54, 1.807) is 12.1 Å². The largest absolute Gasteiger partial charge is 0.435 e. The molecule has 1 fully saturated rings. The third-order valence-electron chi connectivity index (χ3n) is 4.62. The zero-order valence-corrected chi connectivity index (χ0v) is 15.9. The number of carbonyl (C=O) groups is 1. The Morgan fingerprint density at radius 1 is 1.27 bits per heavy atom. The minimum Gasteiger partial charge on any atom is -0.435 e. The number of ether oxygens (including phenoxy) is 2. The fraction of sp³-hybridized carbons (Fsp3) is 0.238. The zero-order valence-electron chi connectivity index (χ0n) is 15.9. The van der Waals surface area contributed by atoms with E-state index in [0.29, 0.717) is 23.5 Å². The van der Waals surface area contributed by atoms with Crippen molar-refractivity contribution in [1.29, 1.82) is 0 Å². The summed E-state index contributed by atoms with van der Waals surface area (Å²) in [5.74, 6) is -0.314. The molecular formula is C21H20F2N4O3. The van der Waals surface area contributed by atoms with Gasteiger partial charge in [0.25, 0.3) is 5.91 Å². The van der Waals surface area contributed by atoms with Crippen LogP contribution < -0.4 is 15.4 Å². The predicted octanol–water partition coefficient (Wildman–Crippen LogP) is 3.39. The number of alkyl halides is 2. The molecule has 156 valence electrons. The van der Waals surface area contributed by atoms with Crippen molar-refractivity contribution in [3.63, 3.8) is 0 Å². The van der Waals surface area contributed by atoms with E-state index in [1.807, 2.05) is 24.3 Å². The number of amides is 1. The van der Waals surface area contributed by atoms with Gasteiger partial charge in [0, 0.05) is 31.0 Å². The highest BCUT2D eigenvalue weighted by Crippen LogP contribution is 2.22. The molecule has 3 aromatic rings. The predicted molar refractivity (Wildman–Crippen MR) is 106 cm³/mol. The SMILES string of the molecule is O=C(Nc1ccc([C@H]2CNCCO2)cc1)c1cnn(-c2cccc(OC(F)F)c2)c1. The zero-order chi connectivity index (χ0) is 20.9. The van der Waals surface area contributed by atoms with Crippen LogP contribution in [-0.2, 0) is 4.74 Å². The van der Waals surface area contributed by atoms with Crippen molar-refractivity contribution >= 4 is 11.6 Å². The van der Waals surface area contributed by atoms with Gasteiger partial charge in [-0.05, 0) is 29.8 Å². The third kappa shape index (κ3) is 4.81. The standard InChI is InChI=1S/C21H20F2N4O3/c22-21(23)30-18-3-1-2-17(10-18)27-13-15(11-25-27)20(28)26-16-6-4-14(5-7-16)19-12-24-8-9-29-19/h1-7,10-11,13,19,21,24H,8-9,12H2,(H,26,28)/t19-/m1/s1. The van der Waals surface area contributed by atoms with E-state index in [4.69, 9.17) is 4.74 Å². The topological polar surface area (TPSA) is 77.4 Å². The lowest BCUT2D eigenvalue weighted by Gasteiger charge is -2.24. The number of benzene rings is 2. The highest BCUT2D eigenvalue weighted by molar-refractivity contribution is 6.04. The summed E-state index contributed by atoms with van der Waals surface area (Å²) in [5, 5.41) is 10.2. The second-order valence-electron chi connectivity index (χ2n) is 6.69. The van der Waals surface area contributed by atoms with Gasteiger partial charge in [-0.2, -0.15) is 13.9 Å². The Morgan fingerprint density at radius 2 is 2.10 bits per heavy atom. The van der Waals surface area contributed by atoms with Gasteiger partial charge in [0.05, 0.1) is 30.2 Å². The van der Waals surface area contributed by atoms with Crippen LogP contribution >= 0.6 is 0 Å². The number of hydrogen-bond donors (Lipinski definition) is 2. The van der Waals surface area contributed by atoms with Gasteiger partial charge < -0.3 is 20.1 Å². The van der Waals surface area contributed by atoms with Crippen molar-refractivity contribution in [2.75, 3.05) is 25.0 Å². The smallest absolute Gasteiger partial charge is 0.387 e. The van der Waals surface area contributed by atoms with Crippen molar-refractivity contribution in [2.45, 2.75) is 12.7 Å². The number of morpholine rings is 1. The molecule has 1 aliphatic heterocycles. The van der Waals surface area contributed by atoms with Crippen molar-refractivity contribution in [1.82, 2.24) is 15.1 Å². The van der Waals surface area contributed by atoms with Crippen molar-refractivity contribution in [3.8, 4) is 11.4 Å². The van der Waals surface area contributed by atoms with Gasteiger partial charge in [0.1, 0.15) is 5.75 Å². The van der Waals surface area contributed by atoms with Crippen LogP contribution in [0, 0.1) is 0 Å². The number of halogens is 2. The minimum atomic E-state index is -2.91. The first-order valence-electron chi connectivity index (χ1n) is 9.42. The maximum Gasteiger partial charge on any atom is 0.387 e. The molecule has 30 heavy (non-hydrogen) atoms. The number of hydrogen-bond acceptors (Lipinski definition) is 5. The summed E-state index contributed by atoms with van der Waals surface area (Å²) >= 11 is 0. The Hall–Kier alpha value is -3.30. The van der Waals surface area contributed by atoms with E-state index < -0.39 is 6.61 Å². The Bertz CT molecular complexity index is 1000. The number of anilines is 1. The lowest BCUT2D eigenvalue weighted by Crippen LogP contribution is -2.33. The average molecular weight is 414 g/mol. The summed E-state index contributed by atoms with van der Waals surface area (Å²) in [7, 11) is 0. The van der Waals surface area contributed by atoms with Gasteiger partial charge in [-0.25, -0.2) is 4.68 Å². The van der Waals surface area contributed by atoms with Crippen LogP contribution in [0.1, 0.15) is 22.0 Å². The number of carbonyl (C=O) groups excluding carboxylic acids is 1. The normalized spacial score (nSPS) is 16.4. The molecule has 1 saturated heterocycles. The van der Waals surface area contributed by atoms with Crippen molar-refractivity contribution in [2.24, 2.45) is 0 Å². The highest BCUT2D eigenvalue weighted by atomic mass is 19.3. The molecule has 2 N–H and O–H groups in total. The van der Waals surface area contributed by atoms with E-state index in [2.05, 4.69) is 20.5 Å². The van der Waals surface area contributed by atoms with Gasteiger partial charge in [-0.15, -0.1) is 0 Å². The van der Waals surface area contributed by atoms with E-state index in [-0.39, 0.29) is 17.8 Å². The molecule has 1 aliphatic rings. The van der Waals surface area contributed by atoms with Crippen LogP contribution in [0.4, 0.5) is 14.5 Å². The molecule has 1 amide bonds. The first-order valence-corrected chi connectivity index (χ1v) is 9.42. The van der Waals surface area contributed by atoms with Crippen LogP contribution in [0.25, 0.3) is 5.69 Å². The molecule has 0 spiro atoms. The highest BCUT2D eigenvalue weighted by Gasteiger charge is 2.16. The number of rotatable bonds is 6. The van der Waals surface area contributed by atoms with E-state index in [9.17, 15) is 13.6 Å². The lowest BCUT2D eigenvalue weighted by molar-refractivity contribution is -0.0498.